The molecule has 0 spiro atoms. The van der Waals surface area contributed by atoms with Crippen LogP contribution in [0.5, 0.6) is 11.5 Å². The van der Waals surface area contributed by atoms with E-state index in [0.29, 0.717) is 35.7 Å². The first kappa shape index (κ1) is 18.4. The Morgan fingerprint density at radius 1 is 1.19 bits per heavy atom. The van der Waals surface area contributed by atoms with Gasteiger partial charge in [0.15, 0.2) is 11.5 Å². The van der Waals surface area contributed by atoms with E-state index in [1.165, 1.54) is 6.33 Å². The van der Waals surface area contributed by atoms with Crippen molar-refractivity contribution in [3.8, 4) is 11.5 Å². The number of aromatic nitrogens is 3. The first-order valence-electron chi connectivity index (χ1n) is 8.40. The summed E-state index contributed by atoms with van der Waals surface area (Å²) in [4.78, 5) is 20.2. The van der Waals surface area contributed by atoms with Crippen molar-refractivity contribution in [2.75, 3.05) is 32.7 Å². The first-order valence-corrected chi connectivity index (χ1v) is 8.40. The molecule has 3 rings (SSSR count). The van der Waals surface area contributed by atoms with Gasteiger partial charge in [-0.15, -0.1) is 0 Å². The third-order valence-electron chi connectivity index (χ3n) is 3.90. The predicted molar refractivity (Wildman–Crippen MR) is 97.3 cm³/mol. The molecule has 0 saturated carbocycles. The fraction of sp³-hybridized carbons (Fsp3) is 0.333. The Bertz CT molecular complexity index is 941. The summed E-state index contributed by atoms with van der Waals surface area (Å²) < 4.78 is 20.7. The number of hydrogen-bond donors (Lipinski definition) is 1. The minimum atomic E-state index is -0.575. The minimum absolute atomic E-state index is 0.0565. The van der Waals surface area contributed by atoms with Crippen molar-refractivity contribution in [3.63, 3.8) is 0 Å². The zero-order valence-corrected chi connectivity index (χ0v) is 15.3. The van der Waals surface area contributed by atoms with Crippen LogP contribution in [0.3, 0.4) is 0 Å². The van der Waals surface area contributed by atoms with Gasteiger partial charge in [-0.25, -0.2) is 9.78 Å². The molecule has 0 bridgehead atoms. The summed E-state index contributed by atoms with van der Waals surface area (Å²) in [5.41, 5.74) is 1.34. The molecule has 1 aromatic carbocycles. The van der Waals surface area contributed by atoms with Crippen LogP contribution in [-0.2, 0) is 11.2 Å². The van der Waals surface area contributed by atoms with Gasteiger partial charge in [0.1, 0.15) is 17.5 Å². The number of benzene rings is 1. The van der Waals surface area contributed by atoms with Gasteiger partial charge in [0.25, 0.3) is 5.71 Å². The van der Waals surface area contributed by atoms with Crippen LogP contribution >= 0.6 is 0 Å². The Hall–Kier alpha value is -3.36. The van der Waals surface area contributed by atoms with Gasteiger partial charge in [-0.2, -0.15) is 4.98 Å². The number of methoxy groups -OCH3 is 2. The van der Waals surface area contributed by atoms with E-state index in [9.17, 15) is 4.79 Å². The van der Waals surface area contributed by atoms with Crippen molar-refractivity contribution >= 4 is 22.9 Å². The van der Waals surface area contributed by atoms with E-state index in [1.807, 2.05) is 18.2 Å². The Morgan fingerprint density at radius 2 is 2.00 bits per heavy atom. The Kier molecular flexibility index (Phi) is 5.70. The van der Waals surface area contributed by atoms with Gasteiger partial charge in [-0.05, 0) is 31.0 Å². The van der Waals surface area contributed by atoms with Gasteiger partial charge < -0.3 is 24.1 Å². The quantitative estimate of drug-likeness (QED) is 0.596. The lowest BCUT2D eigenvalue weighted by Gasteiger charge is -2.10. The van der Waals surface area contributed by atoms with Crippen LogP contribution < -0.4 is 14.8 Å². The first-order chi connectivity index (χ1) is 13.2. The van der Waals surface area contributed by atoms with Crippen LogP contribution in [0.15, 0.2) is 29.0 Å². The number of hydrogen-bond acceptors (Lipinski definition) is 9. The number of anilines is 1. The Morgan fingerprint density at radius 3 is 2.74 bits per heavy atom. The van der Waals surface area contributed by atoms with E-state index < -0.39 is 5.97 Å². The van der Waals surface area contributed by atoms with Crippen LogP contribution in [0.2, 0.25) is 0 Å². The molecule has 0 aliphatic carbocycles. The van der Waals surface area contributed by atoms with Gasteiger partial charge in [0.2, 0.25) is 5.69 Å². The monoisotopic (exact) mass is 372 g/mol. The second-order valence-corrected chi connectivity index (χ2v) is 5.52. The standard InChI is InChI=1S/C18H20N4O5/c1-4-26-18(23)15-14-16(20-10-21-17(14)27-22-15)19-8-7-11-5-6-12(24-2)13(9-11)25-3/h5-6,9-10H,4,7-8H2,1-3H3,(H,19,20,21). The molecule has 27 heavy (non-hydrogen) atoms. The maximum Gasteiger partial charge on any atom is 0.361 e. The van der Waals surface area contributed by atoms with Crippen LogP contribution in [0.25, 0.3) is 11.1 Å². The van der Waals surface area contributed by atoms with E-state index in [1.54, 1.807) is 21.1 Å². The molecular weight excluding hydrogens is 352 g/mol. The summed E-state index contributed by atoms with van der Waals surface area (Å²) in [6.07, 6.45) is 2.05. The lowest BCUT2D eigenvalue weighted by atomic mass is 10.1. The lowest BCUT2D eigenvalue weighted by molar-refractivity contribution is 0.0517. The molecule has 0 atom stereocenters. The molecule has 0 saturated heterocycles. The van der Waals surface area contributed by atoms with Gasteiger partial charge >= 0.3 is 5.97 Å². The zero-order valence-electron chi connectivity index (χ0n) is 15.3. The Labute approximate surface area is 155 Å². The summed E-state index contributed by atoms with van der Waals surface area (Å²) in [6.45, 7) is 2.52. The maximum absolute atomic E-state index is 12.0. The number of ether oxygens (including phenoxy) is 3. The van der Waals surface area contributed by atoms with E-state index >= 15 is 0 Å². The molecule has 1 N–H and O–H groups in total. The summed E-state index contributed by atoms with van der Waals surface area (Å²) in [5.74, 6) is 1.23. The highest BCUT2D eigenvalue weighted by atomic mass is 16.5. The minimum Gasteiger partial charge on any atom is -0.493 e. The fourth-order valence-corrected chi connectivity index (χ4v) is 2.62. The van der Waals surface area contributed by atoms with E-state index in [0.717, 1.165) is 5.56 Å². The van der Waals surface area contributed by atoms with E-state index in [-0.39, 0.29) is 18.0 Å². The molecule has 142 valence electrons. The van der Waals surface area contributed by atoms with Crippen molar-refractivity contribution in [2.45, 2.75) is 13.3 Å². The van der Waals surface area contributed by atoms with Crippen molar-refractivity contribution in [1.29, 1.82) is 0 Å². The molecule has 2 heterocycles. The van der Waals surface area contributed by atoms with Crippen molar-refractivity contribution in [1.82, 2.24) is 15.1 Å². The molecule has 9 nitrogen and oxygen atoms in total. The van der Waals surface area contributed by atoms with Gasteiger partial charge in [-0.1, -0.05) is 11.2 Å². The fourth-order valence-electron chi connectivity index (χ4n) is 2.62. The summed E-state index contributed by atoms with van der Waals surface area (Å²) >= 11 is 0. The molecule has 0 aliphatic heterocycles. The van der Waals surface area contributed by atoms with Crippen LogP contribution in [-0.4, -0.2) is 48.5 Å². The molecule has 0 unspecified atom stereocenters. The second-order valence-electron chi connectivity index (χ2n) is 5.52. The molecule has 0 fully saturated rings. The number of carbonyl (C=O) groups is 1. The van der Waals surface area contributed by atoms with Crippen molar-refractivity contribution in [3.05, 3.63) is 35.8 Å². The van der Waals surface area contributed by atoms with Gasteiger partial charge in [-0.3, -0.25) is 0 Å². The maximum atomic E-state index is 12.0. The normalized spacial score (nSPS) is 10.6. The number of fused-ring (bicyclic) bond motifs is 1. The smallest absolute Gasteiger partial charge is 0.361 e. The summed E-state index contributed by atoms with van der Waals surface area (Å²) in [7, 11) is 3.19. The number of carbonyl (C=O) groups excluding carboxylic acids is 1. The molecule has 3 aromatic rings. The van der Waals surface area contributed by atoms with Crippen molar-refractivity contribution < 1.29 is 23.5 Å². The third kappa shape index (κ3) is 3.91. The molecule has 2 aromatic heterocycles. The molecular formula is C18H20N4O5. The van der Waals surface area contributed by atoms with Crippen LogP contribution in [0.1, 0.15) is 23.0 Å². The van der Waals surface area contributed by atoms with Crippen molar-refractivity contribution in [2.24, 2.45) is 0 Å². The van der Waals surface area contributed by atoms with Crippen LogP contribution in [0, 0.1) is 0 Å². The predicted octanol–water partition coefficient (Wildman–Crippen LogP) is 2.47. The number of nitrogens with one attached hydrogen (secondary N) is 1. The van der Waals surface area contributed by atoms with E-state index in [4.69, 9.17) is 18.7 Å². The van der Waals surface area contributed by atoms with Gasteiger partial charge in [0, 0.05) is 6.54 Å². The van der Waals surface area contributed by atoms with E-state index in [2.05, 4.69) is 20.4 Å². The highest BCUT2D eigenvalue weighted by Crippen LogP contribution is 2.28. The highest BCUT2D eigenvalue weighted by Gasteiger charge is 2.22. The average Bonchev–Trinajstić information content (AvgIpc) is 3.13. The van der Waals surface area contributed by atoms with Crippen LogP contribution in [0.4, 0.5) is 5.82 Å². The number of esters is 1. The second kappa shape index (κ2) is 8.35. The molecule has 0 radical (unpaired) electrons. The third-order valence-corrected chi connectivity index (χ3v) is 3.90. The largest absolute Gasteiger partial charge is 0.493 e. The Balaban J connectivity index is 1.75. The molecule has 9 heteroatoms. The lowest BCUT2D eigenvalue weighted by Crippen LogP contribution is -2.10. The SMILES string of the molecule is CCOC(=O)c1noc2ncnc(NCCc3ccc(OC)c(OC)c3)c12. The molecule has 0 aliphatic rings. The van der Waals surface area contributed by atoms with Gasteiger partial charge in [0.05, 0.1) is 20.8 Å². The molecule has 0 amide bonds. The highest BCUT2D eigenvalue weighted by molar-refractivity contribution is 6.04. The number of nitrogens with zero attached hydrogens (tertiary/aromatic N) is 3. The zero-order chi connectivity index (χ0) is 19.2. The topological polar surface area (TPSA) is 109 Å². The summed E-state index contributed by atoms with van der Waals surface area (Å²) in [5, 5.41) is 7.36. The summed E-state index contributed by atoms with van der Waals surface area (Å²) in [6, 6.07) is 5.73. The average molecular weight is 372 g/mol. The number of rotatable bonds is 8.